The van der Waals surface area contributed by atoms with Gasteiger partial charge in [-0.2, -0.15) is 0 Å². The number of benzene rings is 2. The molecule has 0 radical (unpaired) electrons. The van der Waals surface area contributed by atoms with E-state index in [-0.39, 0.29) is 62.8 Å². The second-order valence-electron chi connectivity index (χ2n) is 14.6. The van der Waals surface area contributed by atoms with E-state index >= 15 is 0 Å². The number of H-pyrrole nitrogens is 1. The summed E-state index contributed by atoms with van der Waals surface area (Å²) in [5, 5.41) is 21.4. The van der Waals surface area contributed by atoms with E-state index in [1.807, 2.05) is 38.1 Å². The van der Waals surface area contributed by atoms with Gasteiger partial charge in [0.2, 0.25) is 35.4 Å². The summed E-state index contributed by atoms with van der Waals surface area (Å²) >= 11 is 0. The van der Waals surface area contributed by atoms with Crippen LogP contribution in [0.3, 0.4) is 0 Å². The van der Waals surface area contributed by atoms with E-state index in [0.717, 1.165) is 16.5 Å². The number of para-hydroxylation sites is 1. The number of guanidine groups is 1. The maximum atomic E-state index is 14.3. The van der Waals surface area contributed by atoms with Crippen molar-refractivity contribution in [3.8, 4) is 5.75 Å². The van der Waals surface area contributed by atoms with Crippen LogP contribution in [0.25, 0.3) is 10.9 Å². The SMILES string of the molecule is [2H]N[C@@H](Cc1ccc(O)cc1)C(=O)N[C@@H](Cc1c[nH]c2ccccc12)C(=O)N[C@@H](CC(C)C)C(=O)N[C@@H](CCCN=C(N)N)C(=O)N1CCC[C@H]1C(=O)NCC(N)=O. The summed E-state index contributed by atoms with van der Waals surface area (Å²) < 4.78 is 7.89. The number of phenolic OH excluding ortho intramolecular Hbond substituents is 1. The molecule has 5 atom stereocenters. The predicted octanol–water partition coefficient (Wildman–Crippen LogP) is -0.867. The van der Waals surface area contributed by atoms with Crippen LogP contribution in [0.1, 0.15) is 57.1 Å². The van der Waals surface area contributed by atoms with Crippen LogP contribution in [-0.2, 0) is 41.6 Å². The first-order valence-corrected chi connectivity index (χ1v) is 19.0. The summed E-state index contributed by atoms with van der Waals surface area (Å²) in [6.07, 6.45) is 3.25. The van der Waals surface area contributed by atoms with Crippen LogP contribution in [0.2, 0.25) is 1.41 Å². The Bertz CT molecular complexity index is 1930. The Labute approximate surface area is 332 Å². The molecule has 57 heavy (non-hydrogen) atoms. The number of primary amides is 1. The number of aromatic hydroxyl groups is 1. The molecule has 18 nitrogen and oxygen atoms in total. The van der Waals surface area contributed by atoms with Crippen molar-refractivity contribution in [3.63, 3.8) is 0 Å². The quantitative estimate of drug-likeness (QED) is 0.0362. The Morgan fingerprint density at radius 1 is 0.930 bits per heavy atom. The highest BCUT2D eigenvalue weighted by Crippen LogP contribution is 2.22. The number of amides is 6. The normalized spacial score (nSPS) is 16.2. The highest BCUT2D eigenvalue weighted by atomic mass is 16.3. The van der Waals surface area contributed by atoms with Gasteiger partial charge in [-0.3, -0.25) is 33.8 Å². The predicted molar refractivity (Wildman–Crippen MR) is 214 cm³/mol. The number of aliphatic imine (C=N–C) groups is 1. The Kier molecular flexibility index (Phi) is 15.2. The summed E-state index contributed by atoms with van der Waals surface area (Å²) in [7, 11) is 0. The first-order valence-electron chi connectivity index (χ1n) is 19.5. The number of aromatic nitrogens is 1. The van der Waals surface area contributed by atoms with E-state index in [9.17, 15) is 33.9 Å². The molecule has 1 aliphatic heterocycles. The maximum absolute atomic E-state index is 14.3. The maximum Gasteiger partial charge on any atom is 0.245 e. The first-order chi connectivity index (χ1) is 27.7. The van der Waals surface area contributed by atoms with Crippen molar-refractivity contribution < 1.29 is 35.3 Å². The van der Waals surface area contributed by atoms with Crippen LogP contribution in [0.4, 0.5) is 0 Å². The molecule has 2 aromatic carbocycles. The van der Waals surface area contributed by atoms with Crippen molar-refractivity contribution in [2.75, 3.05) is 19.6 Å². The average Bonchev–Trinajstić information content (AvgIpc) is 3.84. The van der Waals surface area contributed by atoms with Gasteiger partial charge in [-0.05, 0) is 73.8 Å². The zero-order chi connectivity index (χ0) is 42.4. The number of likely N-dealkylation sites (tertiary alicyclic amines) is 1. The molecule has 0 unspecified atom stereocenters. The fourth-order valence-corrected chi connectivity index (χ4v) is 6.77. The van der Waals surface area contributed by atoms with Gasteiger partial charge < -0.3 is 59.2 Å². The van der Waals surface area contributed by atoms with E-state index in [1.54, 1.807) is 18.3 Å². The van der Waals surface area contributed by atoms with Crippen molar-refractivity contribution >= 4 is 52.3 Å². The van der Waals surface area contributed by atoms with Gasteiger partial charge in [0.05, 0.1) is 12.6 Å². The van der Waals surface area contributed by atoms with Gasteiger partial charge in [0, 0.05) is 36.6 Å². The van der Waals surface area contributed by atoms with Crippen molar-refractivity contribution in [2.24, 2.45) is 33.8 Å². The summed E-state index contributed by atoms with van der Waals surface area (Å²) in [6, 6.07) is 8.19. The number of hydrogen-bond acceptors (Lipinski definition) is 9. The van der Waals surface area contributed by atoms with Crippen molar-refractivity contribution in [1.29, 1.82) is 0 Å². The van der Waals surface area contributed by atoms with Gasteiger partial charge in [0.1, 0.15) is 31.3 Å². The lowest BCUT2D eigenvalue weighted by molar-refractivity contribution is -0.142. The smallest absolute Gasteiger partial charge is 0.245 e. The fourth-order valence-electron chi connectivity index (χ4n) is 6.77. The lowest BCUT2D eigenvalue weighted by atomic mass is 9.99. The molecule has 1 fully saturated rings. The van der Waals surface area contributed by atoms with Gasteiger partial charge >= 0.3 is 0 Å². The van der Waals surface area contributed by atoms with Crippen LogP contribution in [0, 0.1) is 5.92 Å². The van der Waals surface area contributed by atoms with Crippen molar-refractivity contribution in [3.05, 3.63) is 65.9 Å². The lowest BCUT2D eigenvalue weighted by Gasteiger charge is -2.30. The molecule has 1 aliphatic rings. The molecule has 14 N–H and O–H groups in total. The lowest BCUT2D eigenvalue weighted by Crippen LogP contribution is -2.59. The van der Waals surface area contributed by atoms with Crippen molar-refractivity contribution in [2.45, 2.75) is 89.0 Å². The molecule has 0 aliphatic carbocycles. The molecule has 3 aromatic rings. The van der Waals surface area contributed by atoms with E-state index < -0.39 is 72.2 Å². The Morgan fingerprint density at radius 2 is 1.61 bits per heavy atom. The average molecular weight is 791 g/mol. The number of phenols is 1. The summed E-state index contributed by atoms with van der Waals surface area (Å²) in [5.41, 5.74) is 20.6. The summed E-state index contributed by atoms with van der Waals surface area (Å²) in [5.74, 6) is -3.99. The Morgan fingerprint density at radius 3 is 2.30 bits per heavy atom. The topological polar surface area (TPSA) is 306 Å². The standard InChI is InChI=1S/C39H55N11O7/c1-22(2)17-30(35(54)47-29(9-5-15-44-39(42)43)38(57)50-16-6-10-32(50)37(56)46-21-33(41)52)49-36(55)31(19-24-20-45-28-8-4-3-7-26(24)28)48-34(53)27(40)18-23-11-13-25(51)14-12-23/h3-4,7-8,11-14,20,22,27,29-32,45,51H,5-6,9-10,15-19,21,40H2,1-2H3,(H2,41,52)(H,46,56)(H,47,54)(H,48,53)(H,49,55)(H4,42,43,44)/t27-,29-,30-,31-,32-/m0/s1/i/hD. The number of nitrogens with zero attached hydrogens (tertiary/aromatic N) is 2. The highest BCUT2D eigenvalue weighted by molar-refractivity contribution is 5.97. The zero-order valence-electron chi connectivity index (χ0n) is 33.3. The van der Waals surface area contributed by atoms with Crippen LogP contribution in [0.5, 0.6) is 5.75 Å². The molecule has 4 rings (SSSR count). The largest absolute Gasteiger partial charge is 0.508 e. The van der Waals surface area contributed by atoms with Crippen LogP contribution in [-0.4, -0.2) is 106 Å². The molecule has 6 amide bonds. The second-order valence-corrected chi connectivity index (χ2v) is 14.6. The zero-order valence-corrected chi connectivity index (χ0v) is 32.3. The highest BCUT2D eigenvalue weighted by Gasteiger charge is 2.39. The minimum absolute atomic E-state index is 0.0294. The molecule has 0 saturated carbocycles. The third-order valence-corrected chi connectivity index (χ3v) is 9.60. The summed E-state index contributed by atoms with van der Waals surface area (Å²) in [4.78, 5) is 88.9. The van der Waals surface area contributed by atoms with Gasteiger partial charge in [-0.25, -0.2) is 0 Å². The monoisotopic (exact) mass is 790 g/mol. The molecule has 1 saturated heterocycles. The molecular weight excluding hydrogens is 734 g/mol. The van der Waals surface area contributed by atoms with E-state index in [2.05, 4.69) is 37.0 Å². The van der Waals surface area contributed by atoms with Crippen LogP contribution < -0.4 is 44.2 Å². The second kappa shape index (κ2) is 20.7. The number of hydrogen-bond donors (Lipinski definition) is 10. The van der Waals surface area contributed by atoms with E-state index in [4.69, 9.17) is 18.6 Å². The first kappa shape index (κ1) is 42.0. The Hall–Kier alpha value is -6.17. The Balaban J connectivity index is 1.58. The van der Waals surface area contributed by atoms with E-state index in [1.165, 1.54) is 17.0 Å². The number of fused-ring (bicyclic) bond motifs is 1. The van der Waals surface area contributed by atoms with Gasteiger partial charge in [-0.1, -0.05) is 44.2 Å². The molecule has 2 heterocycles. The third kappa shape index (κ3) is 12.9. The third-order valence-electron chi connectivity index (χ3n) is 9.60. The van der Waals surface area contributed by atoms with Gasteiger partial charge in [-0.15, -0.1) is 0 Å². The number of nitrogens with one attached hydrogen (secondary N) is 5. The van der Waals surface area contributed by atoms with Crippen LogP contribution >= 0.6 is 0 Å². The van der Waals surface area contributed by atoms with E-state index in [0.29, 0.717) is 18.4 Å². The minimum atomic E-state index is -1.20. The van der Waals surface area contributed by atoms with Gasteiger partial charge in [0.25, 0.3) is 0 Å². The number of rotatable bonds is 21. The number of nitrogens with two attached hydrogens (primary N) is 4. The fraction of sp³-hybridized carbons (Fsp3) is 0.462. The molecule has 0 spiro atoms. The van der Waals surface area contributed by atoms with Crippen molar-refractivity contribution in [1.82, 2.24) is 31.2 Å². The molecule has 0 bridgehead atoms. The van der Waals surface area contributed by atoms with Gasteiger partial charge in [0.15, 0.2) is 5.96 Å². The van der Waals surface area contributed by atoms with Crippen LogP contribution in [0.15, 0.2) is 59.7 Å². The molecular formula is C39H55N11O7. The molecule has 1 aromatic heterocycles. The number of aromatic amines is 1. The minimum Gasteiger partial charge on any atom is -0.508 e. The number of carbonyl (C=O) groups excluding carboxylic acids is 6. The number of carbonyl (C=O) groups is 6. The molecule has 18 heteroatoms. The summed E-state index contributed by atoms with van der Waals surface area (Å²) in [6.45, 7) is 3.72. The molecule has 308 valence electrons.